The maximum atomic E-state index is 12.1. The second-order valence-electron chi connectivity index (χ2n) is 7.10. The van der Waals surface area contributed by atoms with Gasteiger partial charge in [-0.05, 0) is 41.3 Å². The van der Waals surface area contributed by atoms with Crippen LogP contribution in [0.3, 0.4) is 0 Å². The van der Waals surface area contributed by atoms with E-state index in [2.05, 4.69) is 10.6 Å². The number of benzene rings is 3. The fourth-order valence-electron chi connectivity index (χ4n) is 3.00. The summed E-state index contributed by atoms with van der Waals surface area (Å²) in [6, 6.07) is 24.9. The molecule has 3 rings (SSSR count). The minimum Gasteiger partial charge on any atom is -0.497 e. The number of aliphatic hydroxyl groups is 1. The third-order valence-electron chi connectivity index (χ3n) is 4.82. The molecule has 0 aliphatic carbocycles. The van der Waals surface area contributed by atoms with E-state index in [0.717, 1.165) is 28.0 Å². The molecule has 0 spiro atoms. The Balaban J connectivity index is 1.52. The highest BCUT2D eigenvalue weighted by Crippen LogP contribution is 2.24. The highest BCUT2D eigenvalue weighted by molar-refractivity contribution is 5.74. The minimum absolute atomic E-state index is 0.103. The first-order valence-corrected chi connectivity index (χ1v) is 9.51. The van der Waals surface area contributed by atoms with Crippen molar-refractivity contribution in [2.24, 2.45) is 0 Å². The van der Waals surface area contributed by atoms with Crippen molar-refractivity contribution in [3.8, 4) is 16.9 Å². The predicted octanol–water partition coefficient (Wildman–Crippen LogP) is 4.07. The normalized spacial score (nSPS) is 12.7. The number of nitrogens with one attached hydrogen (secondary N) is 2. The molecule has 0 unspecified atom stereocenters. The third-order valence-corrected chi connectivity index (χ3v) is 4.82. The van der Waals surface area contributed by atoms with Crippen LogP contribution in [0.25, 0.3) is 11.1 Å². The zero-order valence-corrected chi connectivity index (χ0v) is 16.7. The van der Waals surface area contributed by atoms with E-state index >= 15 is 0 Å². The molecule has 29 heavy (non-hydrogen) atoms. The fourth-order valence-corrected chi connectivity index (χ4v) is 3.00. The van der Waals surface area contributed by atoms with Crippen LogP contribution < -0.4 is 15.4 Å². The van der Waals surface area contributed by atoms with Gasteiger partial charge in [-0.25, -0.2) is 4.79 Å². The predicted molar refractivity (Wildman–Crippen MR) is 115 cm³/mol. The molecule has 5 heteroatoms. The molecular weight excluding hydrogens is 364 g/mol. The van der Waals surface area contributed by atoms with Gasteiger partial charge < -0.3 is 20.5 Å². The summed E-state index contributed by atoms with van der Waals surface area (Å²) in [7, 11) is 1.61. The first-order valence-electron chi connectivity index (χ1n) is 9.51. The molecule has 0 saturated heterocycles. The molecule has 0 aromatic heterocycles. The van der Waals surface area contributed by atoms with Crippen LogP contribution in [-0.2, 0) is 12.1 Å². The van der Waals surface area contributed by atoms with E-state index in [1.165, 1.54) is 0 Å². The van der Waals surface area contributed by atoms with Crippen molar-refractivity contribution in [3.05, 3.63) is 90.0 Å². The Morgan fingerprint density at radius 1 is 0.897 bits per heavy atom. The number of methoxy groups -OCH3 is 1. The molecule has 3 N–H and O–H groups in total. The van der Waals surface area contributed by atoms with E-state index in [0.29, 0.717) is 6.54 Å². The number of amides is 2. The Kier molecular flexibility index (Phi) is 6.52. The van der Waals surface area contributed by atoms with E-state index in [-0.39, 0.29) is 12.6 Å². The lowest BCUT2D eigenvalue weighted by Crippen LogP contribution is -2.43. The minimum atomic E-state index is -1.17. The van der Waals surface area contributed by atoms with Gasteiger partial charge in [0.1, 0.15) is 11.4 Å². The zero-order valence-electron chi connectivity index (χ0n) is 16.7. The van der Waals surface area contributed by atoms with Crippen molar-refractivity contribution in [2.75, 3.05) is 13.7 Å². The van der Waals surface area contributed by atoms with Crippen LogP contribution in [-0.4, -0.2) is 24.8 Å². The number of carbonyl (C=O) groups is 1. The number of carbonyl (C=O) groups excluding carboxylic acids is 1. The van der Waals surface area contributed by atoms with Gasteiger partial charge in [0.2, 0.25) is 0 Å². The van der Waals surface area contributed by atoms with Crippen molar-refractivity contribution in [1.29, 1.82) is 0 Å². The Morgan fingerprint density at radius 3 is 2.14 bits per heavy atom. The Morgan fingerprint density at radius 2 is 1.52 bits per heavy atom. The largest absolute Gasteiger partial charge is 0.497 e. The van der Waals surface area contributed by atoms with Gasteiger partial charge in [0.25, 0.3) is 0 Å². The highest BCUT2D eigenvalue weighted by atomic mass is 16.5. The molecule has 0 bridgehead atoms. The second kappa shape index (κ2) is 9.26. The van der Waals surface area contributed by atoms with Gasteiger partial charge in [-0.15, -0.1) is 0 Å². The zero-order chi connectivity index (χ0) is 20.7. The van der Waals surface area contributed by atoms with Gasteiger partial charge in [-0.2, -0.15) is 0 Å². The summed E-state index contributed by atoms with van der Waals surface area (Å²) in [5, 5.41) is 16.3. The molecule has 150 valence electrons. The number of hydrogen-bond acceptors (Lipinski definition) is 3. The Labute approximate surface area is 171 Å². The topological polar surface area (TPSA) is 70.6 Å². The van der Waals surface area contributed by atoms with Crippen molar-refractivity contribution in [2.45, 2.75) is 19.1 Å². The van der Waals surface area contributed by atoms with Crippen molar-refractivity contribution in [1.82, 2.24) is 10.6 Å². The monoisotopic (exact) mass is 390 g/mol. The number of rotatable bonds is 7. The number of urea groups is 1. The van der Waals surface area contributed by atoms with Gasteiger partial charge in [0, 0.05) is 6.54 Å². The first kappa shape index (κ1) is 20.4. The van der Waals surface area contributed by atoms with Crippen LogP contribution in [0, 0.1) is 0 Å². The fraction of sp³-hybridized carbons (Fsp3) is 0.208. The summed E-state index contributed by atoms with van der Waals surface area (Å²) in [5.41, 5.74) is 2.73. The number of hydrogen-bond donors (Lipinski definition) is 3. The Hall–Kier alpha value is -3.31. The summed E-state index contributed by atoms with van der Waals surface area (Å²) in [4.78, 5) is 12.1. The maximum Gasteiger partial charge on any atom is 0.315 e. The summed E-state index contributed by atoms with van der Waals surface area (Å²) >= 11 is 0. The van der Waals surface area contributed by atoms with Crippen LogP contribution in [0.1, 0.15) is 18.1 Å². The van der Waals surface area contributed by atoms with Crippen molar-refractivity contribution in [3.63, 3.8) is 0 Å². The molecule has 0 aliphatic heterocycles. The number of ether oxygens (including phenoxy) is 1. The summed E-state index contributed by atoms with van der Waals surface area (Å²) in [6.07, 6.45) is 0. The van der Waals surface area contributed by atoms with Gasteiger partial charge in [0.15, 0.2) is 0 Å². The lowest BCUT2D eigenvalue weighted by molar-refractivity contribution is 0.0594. The standard InChI is InChI=1S/C24H26N2O3/c1-24(28,21-12-10-20(11-13-21)19-6-4-3-5-7-19)17-26-23(27)25-16-18-8-14-22(29-2)15-9-18/h3-15,28H,16-17H2,1-2H3,(H2,25,26,27)/t24-/m0/s1. The van der Waals surface area contributed by atoms with Crippen LogP contribution in [0.15, 0.2) is 78.9 Å². The third kappa shape index (κ3) is 5.59. The van der Waals surface area contributed by atoms with Gasteiger partial charge >= 0.3 is 6.03 Å². The molecule has 0 aliphatic rings. The van der Waals surface area contributed by atoms with Crippen molar-refractivity contribution < 1.29 is 14.6 Å². The van der Waals surface area contributed by atoms with E-state index in [1.54, 1.807) is 14.0 Å². The molecule has 3 aromatic rings. The van der Waals surface area contributed by atoms with Gasteiger partial charge in [0.05, 0.1) is 13.7 Å². The van der Waals surface area contributed by atoms with Crippen molar-refractivity contribution >= 4 is 6.03 Å². The lowest BCUT2D eigenvalue weighted by atomic mass is 9.94. The smallest absolute Gasteiger partial charge is 0.315 e. The van der Waals surface area contributed by atoms with Crippen LogP contribution in [0.4, 0.5) is 4.79 Å². The molecule has 0 heterocycles. The summed E-state index contributed by atoms with van der Waals surface area (Å²) in [6.45, 7) is 2.18. The van der Waals surface area contributed by atoms with Crippen LogP contribution >= 0.6 is 0 Å². The van der Waals surface area contributed by atoms with Gasteiger partial charge in [-0.1, -0.05) is 66.7 Å². The van der Waals surface area contributed by atoms with E-state index in [1.807, 2.05) is 78.9 Å². The van der Waals surface area contributed by atoms with E-state index in [9.17, 15) is 9.90 Å². The molecule has 0 saturated carbocycles. The molecule has 2 amide bonds. The lowest BCUT2D eigenvalue weighted by Gasteiger charge is -2.24. The molecule has 3 aromatic carbocycles. The average Bonchev–Trinajstić information content (AvgIpc) is 2.77. The maximum absolute atomic E-state index is 12.1. The molecule has 0 radical (unpaired) electrons. The molecular formula is C24H26N2O3. The summed E-state index contributed by atoms with van der Waals surface area (Å²) < 4.78 is 5.12. The highest BCUT2D eigenvalue weighted by Gasteiger charge is 2.23. The first-order chi connectivity index (χ1) is 14.0. The van der Waals surface area contributed by atoms with E-state index in [4.69, 9.17) is 4.74 Å². The van der Waals surface area contributed by atoms with Gasteiger partial charge in [-0.3, -0.25) is 0 Å². The van der Waals surface area contributed by atoms with Crippen LogP contribution in [0.5, 0.6) is 5.75 Å². The second-order valence-corrected chi connectivity index (χ2v) is 7.10. The molecule has 5 nitrogen and oxygen atoms in total. The summed E-state index contributed by atoms with van der Waals surface area (Å²) in [5.74, 6) is 0.771. The molecule has 0 fully saturated rings. The molecule has 1 atom stereocenters. The SMILES string of the molecule is COc1ccc(CNC(=O)NC[C@](C)(O)c2ccc(-c3ccccc3)cc2)cc1. The average molecular weight is 390 g/mol. The quantitative estimate of drug-likeness (QED) is 0.570. The Bertz CT molecular complexity index is 921. The van der Waals surface area contributed by atoms with Crippen LogP contribution in [0.2, 0.25) is 0 Å². The van der Waals surface area contributed by atoms with E-state index < -0.39 is 5.60 Å².